The van der Waals surface area contributed by atoms with E-state index in [4.69, 9.17) is 0 Å². The molecule has 0 fully saturated rings. The van der Waals surface area contributed by atoms with Gasteiger partial charge >= 0.3 is 5.97 Å². The van der Waals surface area contributed by atoms with Gasteiger partial charge in [-0.2, -0.15) is 0 Å². The zero-order chi connectivity index (χ0) is 12.1. The predicted octanol–water partition coefficient (Wildman–Crippen LogP) is 3.05. The van der Waals surface area contributed by atoms with Crippen LogP contribution in [0.1, 0.15) is 32.8 Å². The minimum absolute atomic E-state index is 0.157. The van der Waals surface area contributed by atoms with E-state index in [-0.39, 0.29) is 5.97 Å². The number of benzene rings is 1. The summed E-state index contributed by atoms with van der Waals surface area (Å²) < 4.78 is 4.26. The fraction of sp³-hybridized carbons (Fsp3) is 0.500. The second-order valence-electron chi connectivity index (χ2n) is 4.40. The van der Waals surface area contributed by atoms with Crippen molar-refractivity contribution in [1.29, 1.82) is 0 Å². The average Bonchev–Trinajstić information content (AvgIpc) is 2.23. The molecule has 0 heterocycles. The molecule has 2 heteroatoms. The molecule has 2 aliphatic rings. The molecule has 0 spiro atoms. The third-order valence-electron chi connectivity index (χ3n) is 2.56. The first-order valence-electron chi connectivity index (χ1n) is 5.78. The van der Waals surface area contributed by atoms with E-state index in [1.54, 1.807) is 12.5 Å². The molecule has 88 valence electrons. The van der Waals surface area contributed by atoms with Gasteiger partial charge in [-0.3, -0.25) is 4.79 Å². The van der Waals surface area contributed by atoms with Crippen molar-refractivity contribution in [2.45, 2.75) is 33.6 Å². The average molecular weight is 220 g/mol. The summed E-state index contributed by atoms with van der Waals surface area (Å²) >= 11 is 0. The second-order valence-corrected chi connectivity index (χ2v) is 4.40. The summed E-state index contributed by atoms with van der Waals surface area (Å²) in [6.45, 7) is 6.29. The number of hydrogen-bond acceptors (Lipinski definition) is 2. The van der Waals surface area contributed by atoms with E-state index in [2.05, 4.69) is 36.8 Å². The molecular weight excluding hydrogens is 200 g/mol. The van der Waals surface area contributed by atoms with Gasteiger partial charge in [-0.05, 0) is 28.3 Å². The van der Waals surface area contributed by atoms with Gasteiger partial charge in [0.1, 0.15) is 0 Å². The normalized spacial score (nSPS) is 10.6. The third-order valence-corrected chi connectivity index (χ3v) is 2.56. The first-order chi connectivity index (χ1) is 7.58. The molecule has 2 aliphatic carbocycles. The lowest BCUT2D eigenvalue weighted by Crippen LogP contribution is -2.01. The van der Waals surface area contributed by atoms with Crippen LogP contribution in [0.25, 0.3) is 0 Å². The Hall–Kier alpha value is -1.31. The molecule has 0 aromatic heterocycles. The van der Waals surface area contributed by atoms with Crippen LogP contribution >= 0.6 is 0 Å². The molecule has 16 heavy (non-hydrogen) atoms. The predicted molar refractivity (Wildman–Crippen MR) is 65.0 cm³/mol. The maximum absolute atomic E-state index is 9.96. The molecule has 0 aromatic carbocycles. The fourth-order valence-electron chi connectivity index (χ4n) is 1.62. The van der Waals surface area contributed by atoms with Crippen molar-refractivity contribution in [2.24, 2.45) is 5.92 Å². The summed E-state index contributed by atoms with van der Waals surface area (Å²) in [6.07, 6.45) is 1.72. The largest absolute Gasteiger partial charge is 0.469 e. The van der Waals surface area contributed by atoms with Crippen LogP contribution in [0.5, 0.6) is 0 Å². The monoisotopic (exact) mass is 220 g/mol. The maximum Gasteiger partial charge on any atom is 0.305 e. The van der Waals surface area contributed by atoms with Gasteiger partial charge in [-0.25, -0.2) is 0 Å². The number of carbonyl (C=O) groups is 1. The van der Waals surface area contributed by atoms with E-state index in [1.165, 1.54) is 24.0 Å². The van der Waals surface area contributed by atoms with E-state index in [9.17, 15) is 4.79 Å². The van der Waals surface area contributed by atoms with Gasteiger partial charge in [0.15, 0.2) is 0 Å². The lowest BCUT2D eigenvalue weighted by atomic mass is 9.92. The van der Waals surface area contributed by atoms with Crippen molar-refractivity contribution in [2.75, 3.05) is 7.11 Å². The molecule has 0 saturated carbocycles. The van der Waals surface area contributed by atoms with Crippen LogP contribution in [0, 0.1) is 16.4 Å². The van der Waals surface area contributed by atoms with Gasteiger partial charge in [0, 0.05) is 6.42 Å². The Kier molecular flexibility index (Phi) is 4.53. The zero-order valence-corrected chi connectivity index (χ0v) is 10.5. The topological polar surface area (TPSA) is 26.3 Å². The Bertz CT molecular complexity index is 440. The highest BCUT2D eigenvalue weighted by molar-refractivity contribution is 5.68. The standard InChI is InChI=1S/C10H12.C4H8O2/c1-7(2)5-9-6-8-3-4-10(8)9;1-3-4(5)6-2/h3-4,6-7H,5H2,1-2H3;3H2,1-2H3. The van der Waals surface area contributed by atoms with Crippen LogP contribution in [0.15, 0.2) is 18.2 Å². The Morgan fingerprint density at radius 2 is 2.06 bits per heavy atom. The summed E-state index contributed by atoms with van der Waals surface area (Å²) in [6, 6.07) is 6.70. The van der Waals surface area contributed by atoms with Gasteiger partial charge in [-0.1, -0.05) is 39.0 Å². The van der Waals surface area contributed by atoms with E-state index in [0.29, 0.717) is 6.42 Å². The van der Waals surface area contributed by atoms with Gasteiger partial charge < -0.3 is 4.74 Å². The molecule has 0 radical (unpaired) electrons. The van der Waals surface area contributed by atoms with Gasteiger partial charge in [-0.15, -0.1) is 0 Å². The summed E-state index contributed by atoms with van der Waals surface area (Å²) in [7, 11) is 1.38. The van der Waals surface area contributed by atoms with Crippen molar-refractivity contribution in [3.8, 4) is 0 Å². The number of ether oxygens (including phenoxy) is 1. The van der Waals surface area contributed by atoms with E-state index in [1.807, 2.05) is 0 Å². The molecule has 0 N–H and O–H groups in total. The third kappa shape index (κ3) is 3.09. The fourth-order valence-corrected chi connectivity index (χ4v) is 1.62. The van der Waals surface area contributed by atoms with Crippen LogP contribution in [0.4, 0.5) is 0 Å². The molecule has 0 amide bonds. The number of methoxy groups -OCH3 is 1. The summed E-state index contributed by atoms with van der Waals surface area (Å²) in [5, 5.41) is 2.99. The van der Waals surface area contributed by atoms with Crippen LogP contribution < -0.4 is 0 Å². The van der Waals surface area contributed by atoms with Crippen molar-refractivity contribution < 1.29 is 9.53 Å². The lowest BCUT2D eigenvalue weighted by molar-refractivity contribution is -0.140. The highest BCUT2D eigenvalue weighted by atomic mass is 16.5. The molecule has 0 bridgehead atoms. The summed E-state index contributed by atoms with van der Waals surface area (Å²) in [5.41, 5.74) is 1.56. The summed E-state index contributed by atoms with van der Waals surface area (Å²) in [5.74, 6) is 0.643. The molecule has 0 unspecified atom stereocenters. The van der Waals surface area contributed by atoms with Crippen molar-refractivity contribution in [3.05, 3.63) is 34.2 Å². The highest BCUT2D eigenvalue weighted by Gasteiger charge is 2.06. The van der Waals surface area contributed by atoms with Gasteiger partial charge in [0.05, 0.1) is 7.11 Å². The van der Waals surface area contributed by atoms with Crippen LogP contribution in [0.2, 0.25) is 0 Å². The van der Waals surface area contributed by atoms with Gasteiger partial charge in [0.25, 0.3) is 0 Å². The molecular formula is C14H20O2. The Labute approximate surface area is 96.9 Å². The maximum atomic E-state index is 9.96. The highest BCUT2D eigenvalue weighted by Crippen LogP contribution is 2.18. The summed E-state index contributed by atoms with van der Waals surface area (Å²) in [4.78, 5) is 9.96. The first kappa shape index (κ1) is 12.8. The number of esters is 1. The quantitative estimate of drug-likeness (QED) is 0.743. The molecule has 0 atom stereocenters. The molecule has 2 nitrogen and oxygen atoms in total. The zero-order valence-electron chi connectivity index (χ0n) is 10.5. The molecule has 0 saturated heterocycles. The van der Waals surface area contributed by atoms with Crippen molar-refractivity contribution in [3.63, 3.8) is 0 Å². The number of carbonyl (C=O) groups excluding carboxylic acids is 1. The van der Waals surface area contributed by atoms with Crippen LogP contribution in [-0.2, 0) is 16.0 Å². The van der Waals surface area contributed by atoms with E-state index < -0.39 is 0 Å². The van der Waals surface area contributed by atoms with Crippen molar-refractivity contribution in [1.82, 2.24) is 0 Å². The van der Waals surface area contributed by atoms with E-state index >= 15 is 0 Å². The smallest absolute Gasteiger partial charge is 0.305 e. The Morgan fingerprint density at radius 1 is 1.38 bits per heavy atom. The van der Waals surface area contributed by atoms with Crippen LogP contribution in [0.3, 0.4) is 0 Å². The molecule has 0 aromatic rings. The number of hydrogen-bond donors (Lipinski definition) is 0. The second kappa shape index (κ2) is 5.69. The van der Waals surface area contributed by atoms with Gasteiger partial charge in [0.2, 0.25) is 0 Å². The molecule has 2 rings (SSSR count). The Balaban J connectivity index is 0.000000187. The lowest BCUT2D eigenvalue weighted by Gasteiger charge is -2.12. The molecule has 0 aliphatic heterocycles. The minimum Gasteiger partial charge on any atom is -0.469 e. The SMILES string of the molecule is CC(C)Cc1cc2ccc1=2.CCC(=O)OC. The van der Waals surface area contributed by atoms with E-state index in [0.717, 1.165) is 5.92 Å². The Morgan fingerprint density at radius 3 is 2.25 bits per heavy atom. The minimum atomic E-state index is -0.157. The number of rotatable bonds is 3. The van der Waals surface area contributed by atoms with Crippen molar-refractivity contribution >= 4 is 5.97 Å². The van der Waals surface area contributed by atoms with Crippen LogP contribution in [-0.4, -0.2) is 13.1 Å². The first-order valence-corrected chi connectivity index (χ1v) is 5.78.